The Labute approximate surface area is 199 Å². The molecule has 0 saturated carbocycles. The number of aromatic nitrogens is 2. The minimum absolute atomic E-state index is 0.0511. The number of hydrogen-bond acceptors (Lipinski definition) is 5. The molecular weight excluding hydrogens is 461 g/mol. The highest BCUT2D eigenvalue weighted by molar-refractivity contribution is 6.29. The van der Waals surface area contributed by atoms with E-state index < -0.39 is 35.0 Å². The molecule has 0 aliphatic carbocycles. The number of imide groups is 2. The smallest absolute Gasteiger partial charge is 0.276 e. The summed E-state index contributed by atoms with van der Waals surface area (Å²) in [7, 11) is 0. The molecule has 1 aliphatic heterocycles. The topological polar surface area (TPSA) is 92.3 Å². The van der Waals surface area contributed by atoms with Gasteiger partial charge in [0.25, 0.3) is 5.91 Å². The molecule has 0 spiro atoms. The predicted molar refractivity (Wildman–Crippen MR) is 120 cm³/mol. The van der Waals surface area contributed by atoms with E-state index in [2.05, 4.69) is 15.3 Å². The molecule has 35 heavy (non-hydrogen) atoms. The van der Waals surface area contributed by atoms with E-state index in [0.717, 1.165) is 29.3 Å². The fraction of sp³-hybridized carbons (Fsp3) is 0.240. The Morgan fingerprint density at radius 1 is 0.829 bits per heavy atom. The normalized spacial score (nSPS) is 15.7. The number of amides is 4. The van der Waals surface area contributed by atoms with Crippen LogP contribution in [0.4, 0.5) is 23.7 Å². The summed E-state index contributed by atoms with van der Waals surface area (Å²) < 4.78 is 39.9. The van der Waals surface area contributed by atoms with Crippen molar-refractivity contribution in [2.45, 2.75) is 31.9 Å². The van der Waals surface area contributed by atoms with E-state index in [1.807, 2.05) is 0 Å². The zero-order valence-corrected chi connectivity index (χ0v) is 18.5. The number of alkyl halides is 3. The van der Waals surface area contributed by atoms with Crippen LogP contribution in [-0.2, 0) is 28.6 Å². The van der Waals surface area contributed by atoms with E-state index in [9.17, 15) is 27.6 Å². The van der Waals surface area contributed by atoms with E-state index in [0.29, 0.717) is 17.7 Å². The number of rotatable bonds is 7. The van der Waals surface area contributed by atoms with Gasteiger partial charge in [-0.05, 0) is 79.3 Å². The van der Waals surface area contributed by atoms with Crippen molar-refractivity contribution in [2.75, 3.05) is 4.90 Å². The van der Waals surface area contributed by atoms with E-state index >= 15 is 0 Å². The molecule has 3 heterocycles. The fourth-order valence-corrected chi connectivity index (χ4v) is 4.11. The number of nitrogens with zero attached hydrogens (tertiary/aromatic N) is 3. The molecule has 0 unspecified atom stereocenters. The van der Waals surface area contributed by atoms with Crippen LogP contribution >= 0.6 is 0 Å². The Bertz CT molecular complexity index is 1190. The number of hydrogen-bond donors (Lipinski definition) is 1. The van der Waals surface area contributed by atoms with Crippen LogP contribution in [-0.4, -0.2) is 27.8 Å². The number of pyridine rings is 2. The lowest BCUT2D eigenvalue weighted by Gasteiger charge is -2.39. The van der Waals surface area contributed by atoms with Crippen LogP contribution in [0.5, 0.6) is 0 Å². The van der Waals surface area contributed by atoms with Crippen LogP contribution in [0.25, 0.3) is 0 Å². The van der Waals surface area contributed by atoms with Gasteiger partial charge in [-0.15, -0.1) is 0 Å². The predicted octanol–water partition coefficient (Wildman–Crippen LogP) is 4.33. The van der Waals surface area contributed by atoms with Crippen LogP contribution < -0.4 is 10.2 Å². The molecule has 10 heteroatoms. The average molecular weight is 482 g/mol. The van der Waals surface area contributed by atoms with Gasteiger partial charge in [0.2, 0.25) is 5.91 Å². The van der Waals surface area contributed by atoms with Crippen LogP contribution in [0.2, 0.25) is 0 Å². The summed E-state index contributed by atoms with van der Waals surface area (Å²) in [5.41, 5.74) is -1.29. The molecule has 0 atom stereocenters. The first-order valence-corrected chi connectivity index (χ1v) is 10.9. The number of nitrogens with one attached hydrogen (secondary N) is 1. The monoisotopic (exact) mass is 482 g/mol. The second-order valence-corrected chi connectivity index (χ2v) is 8.24. The molecule has 1 saturated heterocycles. The Morgan fingerprint density at radius 3 is 1.89 bits per heavy atom. The first-order chi connectivity index (χ1) is 16.7. The van der Waals surface area contributed by atoms with Gasteiger partial charge in [-0.3, -0.25) is 24.9 Å². The van der Waals surface area contributed by atoms with Gasteiger partial charge in [-0.2, -0.15) is 13.2 Å². The summed E-state index contributed by atoms with van der Waals surface area (Å²) in [5, 5.41) is 2.20. The second-order valence-electron chi connectivity index (χ2n) is 8.24. The van der Waals surface area contributed by atoms with Crippen molar-refractivity contribution >= 4 is 23.5 Å². The lowest BCUT2D eigenvalue weighted by atomic mass is 9.74. The molecule has 4 amide bonds. The van der Waals surface area contributed by atoms with Gasteiger partial charge in [0.05, 0.1) is 11.3 Å². The van der Waals surface area contributed by atoms with Crippen molar-refractivity contribution in [1.82, 2.24) is 15.3 Å². The Kier molecular flexibility index (Phi) is 6.63. The van der Waals surface area contributed by atoms with Crippen molar-refractivity contribution in [3.05, 3.63) is 90.0 Å². The third kappa shape index (κ3) is 5.06. The number of urea groups is 1. The Balaban J connectivity index is 1.72. The van der Waals surface area contributed by atoms with E-state index in [4.69, 9.17) is 0 Å². The second kappa shape index (κ2) is 9.65. The minimum atomic E-state index is -4.67. The van der Waals surface area contributed by atoms with Crippen molar-refractivity contribution in [3.63, 3.8) is 0 Å². The largest absolute Gasteiger partial charge is 0.416 e. The van der Waals surface area contributed by atoms with E-state index in [1.54, 1.807) is 49.1 Å². The molecule has 3 aromatic rings. The van der Waals surface area contributed by atoms with Gasteiger partial charge < -0.3 is 0 Å². The molecule has 4 rings (SSSR count). The minimum Gasteiger partial charge on any atom is -0.276 e. The van der Waals surface area contributed by atoms with Crippen LogP contribution in [0.1, 0.15) is 29.5 Å². The maximum atomic E-state index is 13.8. The molecular formula is C25H21F3N4O3. The maximum absolute atomic E-state index is 13.8. The highest BCUT2D eigenvalue weighted by Crippen LogP contribution is 2.39. The first-order valence-electron chi connectivity index (χ1n) is 10.9. The molecule has 2 aromatic heterocycles. The van der Waals surface area contributed by atoms with Gasteiger partial charge in [0, 0.05) is 24.8 Å². The summed E-state index contributed by atoms with van der Waals surface area (Å²) in [6.07, 6.45) is 2.41. The van der Waals surface area contributed by atoms with Gasteiger partial charge >= 0.3 is 12.2 Å². The van der Waals surface area contributed by atoms with Crippen molar-refractivity contribution < 1.29 is 27.6 Å². The molecule has 0 radical (unpaired) electrons. The van der Waals surface area contributed by atoms with Crippen molar-refractivity contribution in [2.24, 2.45) is 5.41 Å². The number of carbonyl (C=O) groups excluding carboxylic acids is 3. The van der Waals surface area contributed by atoms with Crippen LogP contribution in [0.15, 0.2) is 73.3 Å². The summed E-state index contributed by atoms with van der Waals surface area (Å²) >= 11 is 0. The zero-order valence-electron chi connectivity index (χ0n) is 18.5. The lowest BCUT2D eigenvalue weighted by Crippen LogP contribution is -2.64. The molecule has 7 nitrogen and oxygen atoms in total. The quantitative estimate of drug-likeness (QED) is 0.506. The molecule has 1 fully saturated rings. The Hall–Kier alpha value is -4.08. The molecule has 1 N–H and O–H groups in total. The number of anilines is 1. The molecule has 180 valence electrons. The molecule has 1 aromatic carbocycles. The summed E-state index contributed by atoms with van der Waals surface area (Å²) in [6.45, 7) is 0. The highest BCUT2D eigenvalue weighted by atomic mass is 19.4. The van der Waals surface area contributed by atoms with Crippen molar-refractivity contribution in [1.29, 1.82) is 0 Å². The van der Waals surface area contributed by atoms with Gasteiger partial charge in [-0.25, -0.2) is 9.69 Å². The van der Waals surface area contributed by atoms with Gasteiger partial charge in [0.1, 0.15) is 5.41 Å². The fourth-order valence-electron chi connectivity index (χ4n) is 4.11. The molecule has 1 aliphatic rings. The zero-order chi connectivity index (χ0) is 25.1. The third-order valence-electron chi connectivity index (χ3n) is 6.08. The highest BCUT2D eigenvalue weighted by Gasteiger charge is 2.53. The number of benzene rings is 1. The van der Waals surface area contributed by atoms with E-state index in [1.165, 1.54) is 6.07 Å². The number of aryl methyl sites for hydroxylation is 2. The standard InChI is InChI=1S/C25H21F3N4O3/c26-25(27,28)19-2-1-3-20(16-19)32-22(34)24(21(33)31-23(32)35,10-4-17-6-12-29-13-7-17)11-5-18-8-14-30-15-9-18/h1-3,6-9,12-16H,4-5,10-11H2,(H,31,33,35). The third-order valence-corrected chi connectivity index (χ3v) is 6.08. The molecule has 0 bridgehead atoms. The summed E-state index contributed by atoms with van der Waals surface area (Å²) in [4.78, 5) is 48.2. The summed E-state index contributed by atoms with van der Waals surface area (Å²) in [5.74, 6) is -1.62. The number of barbiturate groups is 1. The van der Waals surface area contributed by atoms with Gasteiger partial charge in [0.15, 0.2) is 0 Å². The number of halogens is 3. The number of carbonyl (C=O) groups is 3. The average Bonchev–Trinajstić information content (AvgIpc) is 2.84. The van der Waals surface area contributed by atoms with Gasteiger partial charge in [-0.1, -0.05) is 6.07 Å². The maximum Gasteiger partial charge on any atom is 0.416 e. The van der Waals surface area contributed by atoms with Crippen LogP contribution in [0, 0.1) is 5.41 Å². The summed E-state index contributed by atoms with van der Waals surface area (Å²) in [6, 6.07) is 9.83. The first kappa shape index (κ1) is 24.1. The van der Waals surface area contributed by atoms with Crippen LogP contribution in [0.3, 0.4) is 0 Å². The van der Waals surface area contributed by atoms with E-state index in [-0.39, 0.29) is 18.5 Å². The lowest BCUT2D eigenvalue weighted by molar-refractivity contribution is -0.144. The Morgan fingerprint density at radius 2 is 1.37 bits per heavy atom. The van der Waals surface area contributed by atoms with Crippen molar-refractivity contribution in [3.8, 4) is 0 Å². The SMILES string of the molecule is O=C1NC(=O)C(CCc2ccncc2)(CCc2ccncc2)C(=O)N1c1cccc(C(F)(F)F)c1.